The predicted molar refractivity (Wildman–Crippen MR) is 66.2 cm³/mol. The van der Waals surface area contributed by atoms with Gasteiger partial charge in [-0.3, -0.25) is 0 Å². The van der Waals surface area contributed by atoms with Crippen LogP contribution in [0.2, 0.25) is 0 Å². The van der Waals surface area contributed by atoms with Gasteiger partial charge in [-0.05, 0) is 39.3 Å². The van der Waals surface area contributed by atoms with Gasteiger partial charge in [-0.1, -0.05) is 6.92 Å². The van der Waals surface area contributed by atoms with E-state index in [2.05, 4.69) is 37.7 Å². The van der Waals surface area contributed by atoms with Gasteiger partial charge in [0.2, 0.25) is 0 Å². The van der Waals surface area contributed by atoms with E-state index in [1.807, 2.05) is 19.1 Å². The van der Waals surface area contributed by atoms with Crippen molar-refractivity contribution in [1.82, 2.24) is 4.98 Å². The molecule has 0 saturated carbocycles. The summed E-state index contributed by atoms with van der Waals surface area (Å²) in [4.78, 5) is 6.68. The highest BCUT2D eigenvalue weighted by atomic mass is 15.2. The zero-order valence-electron chi connectivity index (χ0n) is 10.3. The summed E-state index contributed by atoms with van der Waals surface area (Å²) in [5.41, 5.74) is 7.52. The lowest BCUT2D eigenvalue weighted by Crippen LogP contribution is -2.41. The number of aryl methyl sites for hydroxylation is 1. The summed E-state index contributed by atoms with van der Waals surface area (Å²) >= 11 is 0. The second-order valence-electron chi connectivity index (χ2n) is 4.57. The topological polar surface area (TPSA) is 42.1 Å². The van der Waals surface area contributed by atoms with Crippen LogP contribution < -0.4 is 10.6 Å². The molecule has 0 aliphatic rings. The Labute approximate surface area is 92.3 Å². The fraction of sp³-hybridized carbons (Fsp3) is 0.583. The summed E-state index contributed by atoms with van der Waals surface area (Å²) in [6, 6.07) is 3.89. The number of nitrogens with two attached hydrogens (primary N) is 1. The molecule has 84 valence electrons. The van der Waals surface area contributed by atoms with Crippen molar-refractivity contribution >= 4 is 11.5 Å². The molecule has 15 heavy (non-hydrogen) atoms. The molecule has 1 aromatic rings. The van der Waals surface area contributed by atoms with Gasteiger partial charge in [0.15, 0.2) is 0 Å². The number of nitrogen functional groups attached to an aromatic ring is 1. The first kappa shape index (κ1) is 11.8. The number of rotatable bonds is 3. The normalized spacial score (nSPS) is 11.5. The molecule has 0 spiro atoms. The van der Waals surface area contributed by atoms with Gasteiger partial charge in [0.25, 0.3) is 0 Å². The van der Waals surface area contributed by atoms with Crippen LogP contribution in [0.15, 0.2) is 12.1 Å². The number of hydrogen-bond acceptors (Lipinski definition) is 3. The smallest absolute Gasteiger partial charge is 0.129 e. The third kappa shape index (κ3) is 2.41. The van der Waals surface area contributed by atoms with Gasteiger partial charge in [-0.2, -0.15) is 0 Å². The van der Waals surface area contributed by atoms with Crippen molar-refractivity contribution in [2.45, 2.75) is 39.7 Å². The minimum Gasteiger partial charge on any atom is -0.397 e. The van der Waals surface area contributed by atoms with Gasteiger partial charge in [-0.25, -0.2) is 4.98 Å². The summed E-state index contributed by atoms with van der Waals surface area (Å²) in [7, 11) is 2.07. The van der Waals surface area contributed by atoms with Crippen LogP contribution in [-0.2, 0) is 0 Å². The molecule has 0 aliphatic carbocycles. The molecule has 1 heterocycles. The SMILES string of the molecule is CCC(C)(C)N(C)c1ccc(N)c(C)n1. The molecule has 0 saturated heterocycles. The van der Waals surface area contributed by atoms with Crippen LogP contribution in [0.5, 0.6) is 0 Å². The van der Waals surface area contributed by atoms with Gasteiger partial charge in [0.1, 0.15) is 5.82 Å². The van der Waals surface area contributed by atoms with E-state index in [1.165, 1.54) is 0 Å². The molecule has 0 aliphatic heterocycles. The summed E-state index contributed by atoms with van der Waals surface area (Å²) in [5, 5.41) is 0. The van der Waals surface area contributed by atoms with E-state index in [9.17, 15) is 0 Å². The van der Waals surface area contributed by atoms with E-state index in [0.717, 1.165) is 23.6 Å². The lowest BCUT2D eigenvalue weighted by atomic mass is 10.00. The molecule has 1 aromatic heterocycles. The van der Waals surface area contributed by atoms with Gasteiger partial charge in [0.05, 0.1) is 11.4 Å². The molecule has 0 amide bonds. The standard InChI is InChI=1S/C12H21N3/c1-6-12(3,4)15(5)11-8-7-10(13)9(2)14-11/h7-8H,6,13H2,1-5H3. The molecular formula is C12H21N3. The third-order valence-corrected chi connectivity index (χ3v) is 3.23. The Balaban J connectivity index is 3.02. The molecule has 1 rings (SSSR count). The minimum absolute atomic E-state index is 0.121. The molecule has 3 nitrogen and oxygen atoms in total. The Bertz CT molecular complexity index is 345. The van der Waals surface area contributed by atoms with Crippen molar-refractivity contribution < 1.29 is 0 Å². The van der Waals surface area contributed by atoms with Crippen molar-refractivity contribution in [3.8, 4) is 0 Å². The third-order valence-electron chi connectivity index (χ3n) is 3.23. The Morgan fingerprint density at radius 1 is 1.40 bits per heavy atom. The molecule has 3 heteroatoms. The zero-order valence-corrected chi connectivity index (χ0v) is 10.3. The Kier molecular flexibility index (Phi) is 3.22. The highest BCUT2D eigenvalue weighted by Crippen LogP contribution is 2.24. The van der Waals surface area contributed by atoms with E-state index in [4.69, 9.17) is 5.73 Å². The second-order valence-corrected chi connectivity index (χ2v) is 4.57. The number of nitrogens with zero attached hydrogens (tertiary/aromatic N) is 2. The lowest BCUT2D eigenvalue weighted by Gasteiger charge is -2.36. The molecule has 0 atom stereocenters. The average molecular weight is 207 g/mol. The van der Waals surface area contributed by atoms with Crippen LogP contribution in [-0.4, -0.2) is 17.6 Å². The number of aromatic nitrogens is 1. The fourth-order valence-electron chi connectivity index (χ4n) is 1.29. The van der Waals surface area contributed by atoms with Crippen molar-refractivity contribution in [1.29, 1.82) is 0 Å². The van der Waals surface area contributed by atoms with Gasteiger partial charge >= 0.3 is 0 Å². The first-order valence-electron chi connectivity index (χ1n) is 5.35. The quantitative estimate of drug-likeness (QED) is 0.828. The maximum atomic E-state index is 5.75. The van der Waals surface area contributed by atoms with E-state index >= 15 is 0 Å². The maximum Gasteiger partial charge on any atom is 0.129 e. The molecule has 0 radical (unpaired) electrons. The van der Waals surface area contributed by atoms with Crippen molar-refractivity contribution in [2.75, 3.05) is 17.7 Å². The van der Waals surface area contributed by atoms with Crippen LogP contribution >= 0.6 is 0 Å². The first-order chi connectivity index (χ1) is 6.88. The van der Waals surface area contributed by atoms with E-state index < -0.39 is 0 Å². The van der Waals surface area contributed by atoms with Crippen molar-refractivity contribution in [2.24, 2.45) is 0 Å². The van der Waals surface area contributed by atoms with Crippen LogP contribution in [0.4, 0.5) is 11.5 Å². The highest BCUT2D eigenvalue weighted by molar-refractivity contribution is 5.51. The Morgan fingerprint density at radius 3 is 2.47 bits per heavy atom. The van der Waals surface area contributed by atoms with Crippen LogP contribution in [0.1, 0.15) is 32.9 Å². The second kappa shape index (κ2) is 4.09. The van der Waals surface area contributed by atoms with Gasteiger partial charge < -0.3 is 10.6 Å². The van der Waals surface area contributed by atoms with E-state index in [1.54, 1.807) is 0 Å². The highest BCUT2D eigenvalue weighted by Gasteiger charge is 2.22. The molecule has 0 bridgehead atoms. The molecular weight excluding hydrogens is 186 g/mol. The molecule has 0 aromatic carbocycles. The number of pyridine rings is 1. The molecule has 2 N–H and O–H groups in total. The van der Waals surface area contributed by atoms with E-state index in [-0.39, 0.29) is 5.54 Å². The summed E-state index contributed by atoms with van der Waals surface area (Å²) in [6.07, 6.45) is 1.08. The maximum absolute atomic E-state index is 5.75. The first-order valence-corrected chi connectivity index (χ1v) is 5.35. The molecule has 0 fully saturated rings. The largest absolute Gasteiger partial charge is 0.397 e. The summed E-state index contributed by atoms with van der Waals surface area (Å²) < 4.78 is 0. The number of hydrogen-bond donors (Lipinski definition) is 1. The van der Waals surface area contributed by atoms with Crippen LogP contribution in [0, 0.1) is 6.92 Å². The average Bonchev–Trinajstić information content (AvgIpc) is 2.21. The summed E-state index contributed by atoms with van der Waals surface area (Å²) in [6.45, 7) is 8.53. The van der Waals surface area contributed by atoms with Crippen LogP contribution in [0.3, 0.4) is 0 Å². The molecule has 0 unspecified atom stereocenters. The Morgan fingerprint density at radius 2 is 2.00 bits per heavy atom. The van der Waals surface area contributed by atoms with Crippen molar-refractivity contribution in [3.05, 3.63) is 17.8 Å². The lowest BCUT2D eigenvalue weighted by molar-refractivity contribution is 0.467. The van der Waals surface area contributed by atoms with Gasteiger partial charge in [-0.15, -0.1) is 0 Å². The monoisotopic (exact) mass is 207 g/mol. The zero-order chi connectivity index (χ0) is 11.6. The van der Waals surface area contributed by atoms with Crippen molar-refractivity contribution in [3.63, 3.8) is 0 Å². The minimum atomic E-state index is 0.121. The van der Waals surface area contributed by atoms with E-state index in [0.29, 0.717) is 0 Å². The number of anilines is 2. The Hall–Kier alpha value is -1.25. The van der Waals surface area contributed by atoms with Gasteiger partial charge in [0, 0.05) is 12.6 Å². The van der Waals surface area contributed by atoms with Crippen LogP contribution in [0.25, 0.3) is 0 Å². The predicted octanol–water partition coefficient (Wildman–Crippen LogP) is 2.60. The summed E-state index contributed by atoms with van der Waals surface area (Å²) in [5.74, 6) is 0.980. The fourth-order valence-corrected chi connectivity index (χ4v) is 1.29.